The second-order valence-corrected chi connectivity index (χ2v) is 6.28. The maximum atomic E-state index is 5.22. The molecule has 0 amide bonds. The third-order valence-electron chi connectivity index (χ3n) is 3.61. The molecule has 0 atom stereocenters. The lowest BCUT2D eigenvalue weighted by Gasteiger charge is -2.09. The van der Waals surface area contributed by atoms with E-state index in [0.717, 1.165) is 28.2 Å². The minimum atomic E-state index is 0.841. The number of aryl methyl sites for hydroxylation is 2. The topological polar surface area (TPSA) is 39.9 Å². The Morgan fingerprint density at radius 3 is 2.30 bits per heavy atom. The summed E-state index contributed by atoms with van der Waals surface area (Å²) in [5, 5.41) is 9.43. The highest BCUT2D eigenvalue weighted by Gasteiger charge is 2.11. The number of methoxy groups -OCH3 is 1. The lowest BCUT2D eigenvalue weighted by atomic mass is 10.2. The molecule has 0 saturated carbocycles. The quantitative estimate of drug-likeness (QED) is 0.660. The van der Waals surface area contributed by atoms with E-state index in [9.17, 15) is 0 Å². The Kier molecular flexibility index (Phi) is 4.67. The Labute approximate surface area is 140 Å². The Hall–Kier alpha value is -2.27. The number of hydrogen-bond acceptors (Lipinski definition) is 4. The van der Waals surface area contributed by atoms with Crippen molar-refractivity contribution >= 4 is 11.8 Å². The molecule has 118 valence electrons. The van der Waals surface area contributed by atoms with Crippen LogP contribution >= 0.6 is 11.8 Å². The van der Waals surface area contributed by atoms with E-state index >= 15 is 0 Å². The Bertz CT molecular complexity index is 779. The second-order valence-electron chi connectivity index (χ2n) is 5.34. The van der Waals surface area contributed by atoms with Gasteiger partial charge in [0.05, 0.1) is 7.11 Å². The molecule has 0 spiro atoms. The molecule has 3 aromatic rings. The number of thioether (sulfide) groups is 1. The monoisotopic (exact) mass is 325 g/mol. The van der Waals surface area contributed by atoms with Crippen molar-refractivity contribution in [3.05, 3.63) is 65.5 Å². The van der Waals surface area contributed by atoms with Crippen molar-refractivity contribution in [1.29, 1.82) is 0 Å². The van der Waals surface area contributed by atoms with Gasteiger partial charge in [0.1, 0.15) is 11.6 Å². The van der Waals surface area contributed by atoms with E-state index in [1.807, 2.05) is 31.2 Å². The molecule has 1 heterocycles. The molecule has 2 aromatic carbocycles. The van der Waals surface area contributed by atoms with Crippen LogP contribution in [-0.4, -0.2) is 21.9 Å². The van der Waals surface area contributed by atoms with Gasteiger partial charge in [0.2, 0.25) is 0 Å². The van der Waals surface area contributed by atoms with Crippen LogP contribution in [0.2, 0.25) is 0 Å². The summed E-state index contributed by atoms with van der Waals surface area (Å²) in [6, 6.07) is 16.5. The summed E-state index contributed by atoms with van der Waals surface area (Å²) in [6.07, 6.45) is 0. The molecule has 0 aliphatic carbocycles. The molecule has 0 bridgehead atoms. The molecule has 3 rings (SSSR count). The first-order chi connectivity index (χ1) is 11.2. The smallest absolute Gasteiger partial charge is 0.196 e. The number of rotatable bonds is 5. The zero-order valence-corrected chi connectivity index (χ0v) is 14.3. The Morgan fingerprint density at radius 2 is 1.65 bits per heavy atom. The molecule has 23 heavy (non-hydrogen) atoms. The maximum absolute atomic E-state index is 5.22. The van der Waals surface area contributed by atoms with Gasteiger partial charge in [-0.05, 0) is 43.7 Å². The summed E-state index contributed by atoms with van der Waals surface area (Å²) in [5.41, 5.74) is 3.60. The van der Waals surface area contributed by atoms with Gasteiger partial charge in [-0.3, -0.25) is 4.57 Å². The highest BCUT2D eigenvalue weighted by molar-refractivity contribution is 7.98. The van der Waals surface area contributed by atoms with Crippen LogP contribution < -0.4 is 4.74 Å². The van der Waals surface area contributed by atoms with Crippen LogP contribution in [0.25, 0.3) is 5.69 Å². The van der Waals surface area contributed by atoms with E-state index < -0.39 is 0 Å². The molecule has 4 nitrogen and oxygen atoms in total. The second kappa shape index (κ2) is 6.87. The summed E-state index contributed by atoms with van der Waals surface area (Å²) in [4.78, 5) is 0. The first kappa shape index (κ1) is 15.6. The fourth-order valence-electron chi connectivity index (χ4n) is 2.30. The van der Waals surface area contributed by atoms with E-state index in [2.05, 4.69) is 46.0 Å². The van der Waals surface area contributed by atoms with E-state index in [0.29, 0.717) is 0 Å². The van der Waals surface area contributed by atoms with Crippen LogP contribution in [0.5, 0.6) is 5.75 Å². The average molecular weight is 325 g/mol. The van der Waals surface area contributed by atoms with Crippen molar-refractivity contribution in [2.24, 2.45) is 0 Å². The van der Waals surface area contributed by atoms with Crippen LogP contribution in [0.15, 0.2) is 53.7 Å². The van der Waals surface area contributed by atoms with Crippen molar-refractivity contribution in [3.63, 3.8) is 0 Å². The Balaban J connectivity index is 1.81. The van der Waals surface area contributed by atoms with Crippen molar-refractivity contribution in [1.82, 2.24) is 14.8 Å². The highest BCUT2D eigenvalue weighted by Crippen LogP contribution is 2.26. The first-order valence-corrected chi connectivity index (χ1v) is 8.41. The normalized spacial score (nSPS) is 10.7. The van der Waals surface area contributed by atoms with E-state index in [1.165, 1.54) is 11.1 Å². The standard InChI is InChI=1S/C18H19N3OS/c1-13-4-6-15(7-5-13)12-23-18-20-19-14(2)21(18)16-8-10-17(22-3)11-9-16/h4-11H,12H2,1-3H3. The largest absolute Gasteiger partial charge is 0.497 e. The zero-order valence-electron chi connectivity index (χ0n) is 13.5. The van der Waals surface area contributed by atoms with Gasteiger partial charge in [-0.1, -0.05) is 41.6 Å². The van der Waals surface area contributed by atoms with Gasteiger partial charge in [-0.25, -0.2) is 0 Å². The number of aromatic nitrogens is 3. The summed E-state index contributed by atoms with van der Waals surface area (Å²) in [5.74, 6) is 2.59. The lowest BCUT2D eigenvalue weighted by molar-refractivity contribution is 0.414. The van der Waals surface area contributed by atoms with Gasteiger partial charge in [-0.15, -0.1) is 10.2 Å². The minimum absolute atomic E-state index is 0.841. The van der Waals surface area contributed by atoms with Gasteiger partial charge in [0, 0.05) is 11.4 Å². The highest BCUT2D eigenvalue weighted by atomic mass is 32.2. The van der Waals surface area contributed by atoms with Crippen LogP contribution in [0.1, 0.15) is 17.0 Å². The zero-order chi connectivity index (χ0) is 16.2. The number of nitrogens with zero attached hydrogens (tertiary/aromatic N) is 3. The number of hydrogen-bond donors (Lipinski definition) is 0. The van der Waals surface area contributed by atoms with Crippen molar-refractivity contribution in [2.45, 2.75) is 24.8 Å². The molecule has 0 unspecified atom stereocenters. The van der Waals surface area contributed by atoms with E-state index in [-0.39, 0.29) is 0 Å². The predicted molar refractivity (Wildman–Crippen MR) is 93.4 cm³/mol. The van der Waals surface area contributed by atoms with Gasteiger partial charge in [-0.2, -0.15) is 0 Å². The molecular weight excluding hydrogens is 306 g/mol. The van der Waals surface area contributed by atoms with Gasteiger partial charge in [0.15, 0.2) is 5.16 Å². The molecular formula is C18H19N3OS. The third-order valence-corrected chi connectivity index (χ3v) is 4.61. The van der Waals surface area contributed by atoms with Crippen molar-refractivity contribution in [3.8, 4) is 11.4 Å². The van der Waals surface area contributed by atoms with Crippen molar-refractivity contribution in [2.75, 3.05) is 7.11 Å². The maximum Gasteiger partial charge on any atom is 0.196 e. The molecule has 0 radical (unpaired) electrons. The Morgan fingerprint density at radius 1 is 0.957 bits per heavy atom. The van der Waals surface area contributed by atoms with E-state index in [1.54, 1.807) is 18.9 Å². The first-order valence-electron chi connectivity index (χ1n) is 7.42. The summed E-state index contributed by atoms with van der Waals surface area (Å²) in [6.45, 7) is 4.06. The number of ether oxygens (including phenoxy) is 1. The lowest BCUT2D eigenvalue weighted by Crippen LogP contribution is -1.99. The van der Waals surface area contributed by atoms with Crippen LogP contribution in [0, 0.1) is 13.8 Å². The van der Waals surface area contributed by atoms with Gasteiger partial charge < -0.3 is 4.74 Å². The molecule has 1 aromatic heterocycles. The molecule has 0 fully saturated rings. The van der Waals surface area contributed by atoms with Crippen LogP contribution in [0.4, 0.5) is 0 Å². The third kappa shape index (κ3) is 3.56. The molecule has 0 aliphatic heterocycles. The summed E-state index contributed by atoms with van der Waals surface area (Å²) >= 11 is 1.69. The fraction of sp³-hybridized carbons (Fsp3) is 0.222. The van der Waals surface area contributed by atoms with Gasteiger partial charge in [0.25, 0.3) is 0 Å². The molecule has 0 N–H and O–H groups in total. The number of benzene rings is 2. The molecule has 0 aliphatic rings. The predicted octanol–water partition coefficient (Wildman–Crippen LogP) is 4.19. The van der Waals surface area contributed by atoms with Crippen LogP contribution in [0.3, 0.4) is 0 Å². The van der Waals surface area contributed by atoms with Gasteiger partial charge >= 0.3 is 0 Å². The minimum Gasteiger partial charge on any atom is -0.497 e. The fourth-order valence-corrected chi connectivity index (χ4v) is 3.25. The summed E-state index contributed by atoms with van der Waals surface area (Å²) in [7, 11) is 1.67. The van der Waals surface area contributed by atoms with Crippen LogP contribution in [-0.2, 0) is 5.75 Å². The van der Waals surface area contributed by atoms with E-state index in [4.69, 9.17) is 4.74 Å². The molecule has 5 heteroatoms. The summed E-state index contributed by atoms with van der Waals surface area (Å²) < 4.78 is 7.28. The van der Waals surface area contributed by atoms with Crippen molar-refractivity contribution < 1.29 is 4.74 Å². The average Bonchev–Trinajstić information content (AvgIpc) is 2.95. The molecule has 0 saturated heterocycles. The SMILES string of the molecule is COc1ccc(-n2c(C)nnc2SCc2ccc(C)cc2)cc1.